The van der Waals surface area contributed by atoms with Crippen molar-refractivity contribution in [2.45, 2.75) is 26.0 Å². The molecular formula is C19H21NO2. The van der Waals surface area contributed by atoms with Gasteiger partial charge in [-0.25, -0.2) is 0 Å². The average Bonchev–Trinajstić information content (AvgIpc) is 2.55. The maximum atomic E-state index is 12.8. The summed E-state index contributed by atoms with van der Waals surface area (Å²) in [6.07, 6.45) is -0.0499. The molecule has 1 heterocycles. The quantitative estimate of drug-likeness (QED) is 0.847. The van der Waals surface area contributed by atoms with Crippen LogP contribution in [0.15, 0.2) is 54.6 Å². The fourth-order valence-corrected chi connectivity index (χ4v) is 2.85. The van der Waals surface area contributed by atoms with Crippen LogP contribution in [0.2, 0.25) is 0 Å². The van der Waals surface area contributed by atoms with E-state index in [0.29, 0.717) is 13.2 Å². The lowest BCUT2D eigenvalue weighted by Crippen LogP contribution is -2.48. The van der Waals surface area contributed by atoms with Crippen molar-refractivity contribution in [3.63, 3.8) is 0 Å². The second-order valence-corrected chi connectivity index (χ2v) is 5.91. The summed E-state index contributed by atoms with van der Waals surface area (Å²) < 4.78 is 5.92. The summed E-state index contributed by atoms with van der Waals surface area (Å²) in [5, 5.41) is 0. The van der Waals surface area contributed by atoms with Crippen LogP contribution in [0.5, 0.6) is 0 Å². The van der Waals surface area contributed by atoms with E-state index in [4.69, 9.17) is 4.74 Å². The molecule has 1 fully saturated rings. The zero-order chi connectivity index (χ0) is 15.5. The number of morpholine rings is 1. The lowest BCUT2D eigenvalue weighted by molar-refractivity contribution is -0.0486. The molecule has 22 heavy (non-hydrogen) atoms. The van der Waals surface area contributed by atoms with Crippen molar-refractivity contribution in [1.82, 2.24) is 4.90 Å². The number of amides is 1. The third-order valence-electron chi connectivity index (χ3n) is 4.13. The van der Waals surface area contributed by atoms with Crippen LogP contribution in [-0.2, 0) is 4.74 Å². The number of rotatable bonds is 2. The highest BCUT2D eigenvalue weighted by atomic mass is 16.5. The lowest BCUT2D eigenvalue weighted by atomic mass is 10.0. The Hall–Kier alpha value is -2.13. The Kier molecular flexibility index (Phi) is 4.25. The number of hydrogen-bond acceptors (Lipinski definition) is 2. The molecule has 1 amide bonds. The Morgan fingerprint density at radius 2 is 1.91 bits per heavy atom. The van der Waals surface area contributed by atoms with Crippen LogP contribution in [0, 0.1) is 6.92 Å². The average molecular weight is 295 g/mol. The number of hydrogen-bond donors (Lipinski definition) is 0. The Balaban J connectivity index is 1.81. The van der Waals surface area contributed by atoms with Gasteiger partial charge in [-0.2, -0.15) is 0 Å². The molecule has 0 aliphatic carbocycles. The molecule has 2 aromatic rings. The summed E-state index contributed by atoms with van der Waals surface area (Å²) in [5.74, 6) is 0.0837. The van der Waals surface area contributed by atoms with Gasteiger partial charge < -0.3 is 9.64 Å². The first kappa shape index (κ1) is 14.8. The Morgan fingerprint density at radius 3 is 2.64 bits per heavy atom. The van der Waals surface area contributed by atoms with Gasteiger partial charge in [0.05, 0.1) is 19.2 Å². The van der Waals surface area contributed by atoms with Crippen LogP contribution in [0.4, 0.5) is 0 Å². The van der Waals surface area contributed by atoms with Gasteiger partial charge in [0.25, 0.3) is 5.91 Å². The van der Waals surface area contributed by atoms with E-state index < -0.39 is 0 Å². The summed E-state index contributed by atoms with van der Waals surface area (Å²) in [6.45, 7) is 5.20. The first-order chi connectivity index (χ1) is 10.6. The van der Waals surface area contributed by atoms with Crippen molar-refractivity contribution in [3.8, 4) is 0 Å². The lowest BCUT2D eigenvalue weighted by Gasteiger charge is -2.38. The van der Waals surface area contributed by atoms with Gasteiger partial charge in [-0.1, -0.05) is 48.0 Å². The van der Waals surface area contributed by atoms with E-state index >= 15 is 0 Å². The molecule has 1 saturated heterocycles. The minimum absolute atomic E-state index is 0.0499. The number of benzene rings is 2. The molecule has 3 nitrogen and oxygen atoms in total. The molecule has 3 heteroatoms. The summed E-state index contributed by atoms with van der Waals surface area (Å²) >= 11 is 0. The Bertz CT molecular complexity index is 653. The molecule has 114 valence electrons. The van der Waals surface area contributed by atoms with E-state index in [-0.39, 0.29) is 18.1 Å². The van der Waals surface area contributed by atoms with E-state index in [0.717, 1.165) is 16.7 Å². The second-order valence-electron chi connectivity index (χ2n) is 5.91. The predicted octanol–water partition coefficient (Wildman–Crippen LogP) is 3.60. The van der Waals surface area contributed by atoms with Crippen molar-refractivity contribution in [2.24, 2.45) is 0 Å². The van der Waals surface area contributed by atoms with Crippen molar-refractivity contribution < 1.29 is 9.53 Å². The van der Waals surface area contributed by atoms with Crippen LogP contribution in [0.25, 0.3) is 0 Å². The van der Waals surface area contributed by atoms with E-state index in [1.807, 2.05) is 61.2 Å². The minimum Gasteiger partial charge on any atom is -0.370 e. The summed E-state index contributed by atoms with van der Waals surface area (Å²) in [4.78, 5) is 14.7. The maximum absolute atomic E-state index is 12.8. The van der Waals surface area contributed by atoms with Gasteiger partial charge in [0.2, 0.25) is 0 Å². The van der Waals surface area contributed by atoms with Crippen molar-refractivity contribution in [2.75, 3.05) is 13.2 Å². The smallest absolute Gasteiger partial charge is 0.254 e. The molecule has 0 saturated carbocycles. The molecule has 2 unspecified atom stereocenters. The second kappa shape index (κ2) is 6.32. The summed E-state index contributed by atoms with van der Waals surface area (Å²) in [5.41, 5.74) is 2.98. The van der Waals surface area contributed by atoms with Crippen LogP contribution in [-0.4, -0.2) is 30.0 Å². The fraction of sp³-hybridized carbons (Fsp3) is 0.316. The van der Waals surface area contributed by atoms with Crippen molar-refractivity contribution >= 4 is 5.91 Å². The number of carbonyl (C=O) groups excluding carboxylic acids is 1. The van der Waals surface area contributed by atoms with Gasteiger partial charge in [0, 0.05) is 5.56 Å². The third kappa shape index (κ3) is 3.04. The molecular weight excluding hydrogens is 274 g/mol. The third-order valence-corrected chi connectivity index (χ3v) is 4.13. The number of aryl methyl sites for hydroxylation is 1. The van der Waals surface area contributed by atoms with Crippen molar-refractivity contribution in [3.05, 3.63) is 71.3 Å². The highest BCUT2D eigenvalue weighted by Crippen LogP contribution is 2.26. The standard InChI is InChI=1S/C19H21NO2/c1-14-7-6-10-17(11-14)19(21)20-12-18(22-13-15(20)2)16-8-4-3-5-9-16/h3-11,15,18H,12-13H2,1-2H3. The molecule has 1 aliphatic rings. The number of nitrogens with zero attached hydrogens (tertiary/aromatic N) is 1. The minimum atomic E-state index is -0.0499. The SMILES string of the molecule is Cc1cccc(C(=O)N2CC(c3ccccc3)OCC2C)c1. The van der Waals surface area contributed by atoms with E-state index in [2.05, 4.69) is 12.1 Å². The van der Waals surface area contributed by atoms with Gasteiger partial charge in [-0.05, 0) is 31.5 Å². The number of ether oxygens (including phenoxy) is 1. The van der Waals surface area contributed by atoms with E-state index in [1.165, 1.54) is 0 Å². The highest BCUT2D eigenvalue weighted by molar-refractivity contribution is 5.94. The van der Waals surface area contributed by atoms with Crippen LogP contribution < -0.4 is 0 Å². The molecule has 0 spiro atoms. The first-order valence-electron chi connectivity index (χ1n) is 7.69. The highest BCUT2D eigenvalue weighted by Gasteiger charge is 2.30. The molecule has 1 aliphatic heterocycles. The van der Waals surface area contributed by atoms with Crippen LogP contribution in [0.3, 0.4) is 0 Å². The van der Waals surface area contributed by atoms with Gasteiger partial charge in [0.1, 0.15) is 6.10 Å². The largest absolute Gasteiger partial charge is 0.370 e. The molecule has 2 atom stereocenters. The summed E-state index contributed by atoms with van der Waals surface area (Å²) in [6, 6.07) is 18.0. The normalized spacial score (nSPS) is 21.6. The molecule has 3 rings (SSSR count). The monoisotopic (exact) mass is 295 g/mol. The zero-order valence-corrected chi connectivity index (χ0v) is 13.0. The van der Waals surface area contributed by atoms with E-state index in [9.17, 15) is 4.79 Å². The maximum Gasteiger partial charge on any atom is 0.254 e. The van der Waals surface area contributed by atoms with E-state index in [1.54, 1.807) is 0 Å². The topological polar surface area (TPSA) is 29.5 Å². The molecule has 0 N–H and O–H groups in total. The van der Waals surface area contributed by atoms with Crippen molar-refractivity contribution in [1.29, 1.82) is 0 Å². The predicted molar refractivity (Wildman–Crippen MR) is 86.8 cm³/mol. The van der Waals surface area contributed by atoms with Crippen LogP contribution in [0.1, 0.15) is 34.5 Å². The zero-order valence-electron chi connectivity index (χ0n) is 13.0. The van der Waals surface area contributed by atoms with Gasteiger partial charge in [0.15, 0.2) is 0 Å². The number of carbonyl (C=O) groups is 1. The molecule has 0 radical (unpaired) electrons. The molecule has 0 bridgehead atoms. The van der Waals surface area contributed by atoms with Crippen LogP contribution >= 0.6 is 0 Å². The Labute approximate surface area is 131 Å². The summed E-state index contributed by atoms with van der Waals surface area (Å²) in [7, 11) is 0. The van der Waals surface area contributed by atoms with Gasteiger partial charge in [-0.15, -0.1) is 0 Å². The molecule has 0 aromatic heterocycles. The Morgan fingerprint density at radius 1 is 1.14 bits per heavy atom. The first-order valence-corrected chi connectivity index (χ1v) is 7.69. The van der Waals surface area contributed by atoms with Gasteiger partial charge >= 0.3 is 0 Å². The fourth-order valence-electron chi connectivity index (χ4n) is 2.85. The van der Waals surface area contributed by atoms with Gasteiger partial charge in [-0.3, -0.25) is 4.79 Å². The molecule has 2 aromatic carbocycles.